The second kappa shape index (κ2) is 5.09. The quantitative estimate of drug-likeness (QED) is 0.597. The summed E-state index contributed by atoms with van der Waals surface area (Å²) < 4.78 is 0. The van der Waals surface area contributed by atoms with E-state index in [1.807, 2.05) is 6.92 Å². The lowest BCUT2D eigenvalue weighted by atomic mass is 10.1. The molecule has 1 aromatic carbocycles. The second-order valence-electron chi connectivity index (χ2n) is 3.05. The third-order valence-corrected chi connectivity index (χ3v) is 1.84. The fraction of sp³-hybridized carbons (Fsp3) is 0.300. The van der Waals surface area contributed by atoms with E-state index in [4.69, 9.17) is 0 Å². The highest BCUT2D eigenvalue weighted by atomic mass is 16.6. The van der Waals surface area contributed by atoms with Crippen molar-refractivity contribution in [2.75, 3.05) is 6.54 Å². The maximum Gasteiger partial charge on any atom is 0.251 e. The maximum absolute atomic E-state index is 11.4. The highest BCUT2D eigenvalue weighted by Gasteiger charge is 2.07. The molecule has 0 fully saturated rings. The zero-order valence-electron chi connectivity index (χ0n) is 8.40. The highest BCUT2D eigenvalue weighted by Crippen LogP contribution is 2.06. The summed E-state index contributed by atoms with van der Waals surface area (Å²) >= 11 is 0. The molecule has 15 heavy (non-hydrogen) atoms. The first kappa shape index (κ1) is 11.2. The Hall–Kier alpha value is -1.91. The van der Waals surface area contributed by atoms with E-state index >= 15 is 0 Å². The predicted molar refractivity (Wildman–Crippen MR) is 55.1 cm³/mol. The molecule has 0 radical (unpaired) electrons. The Kier molecular flexibility index (Phi) is 3.79. The molecule has 0 saturated carbocycles. The average molecular weight is 208 g/mol. The first-order valence-corrected chi connectivity index (χ1v) is 4.62. The smallest absolute Gasteiger partial charge is 0.251 e. The number of nitrogens with one attached hydrogen (secondary N) is 1. The fourth-order valence-corrected chi connectivity index (χ4v) is 1.22. The Morgan fingerprint density at radius 2 is 2.27 bits per heavy atom. The molecule has 0 spiro atoms. The average Bonchev–Trinajstić information content (AvgIpc) is 2.17. The minimum atomic E-state index is -0.420. The Balaban J connectivity index is 2.82. The number of amides is 1. The Bertz CT molecular complexity index is 377. The maximum atomic E-state index is 11.4. The molecular weight excluding hydrogens is 196 g/mol. The van der Waals surface area contributed by atoms with Gasteiger partial charge in [-0.05, 0) is 19.1 Å². The minimum absolute atomic E-state index is 0.206. The first-order valence-electron chi connectivity index (χ1n) is 4.62. The molecule has 1 aromatic rings. The van der Waals surface area contributed by atoms with Crippen LogP contribution in [0.5, 0.6) is 0 Å². The van der Waals surface area contributed by atoms with Crippen molar-refractivity contribution in [2.24, 2.45) is 0 Å². The van der Waals surface area contributed by atoms with E-state index in [2.05, 4.69) is 5.32 Å². The standard InChI is InChI=1S/C10H12N2O3/c1-2-11-10(13)9-5-3-4-8(6-9)7-12(14)15/h3-6H,2,7H2,1H3,(H,11,13). The molecule has 1 rings (SSSR count). The van der Waals surface area contributed by atoms with Crippen molar-refractivity contribution in [2.45, 2.75) is 13.5 Å². The zero-order chi connectivity index (χ0) is 11.3. The summed E-state index contributed by atoms with van der Waals surface area (Å²) in [5.41, 5.74) is 0.986. The van der Waals surface area contributed by atoms with Crippen LogP contribution in [-0.2, 0) is 6.54 Å². The number of hydrogen-bond donors (Lipinski definition) is 1. The lowest BCUT2D eigenvalue weighted by Crippen LogP contribution is -2.22. The van der Waals surface area contributed by atoms with E-state index in [-0.39, 0.29) is 12.5 Å². The lowest BCUT2D eigenvalue weighted by molar-refractivity contribution is -0.496. The number of nitro groups is 1. The van der Waals surface area contributed by atoms with Crippen LogP contribution in [0.4, 0.5) is 0 Å². The van der Waals surface area contributed by atoms with Gasteiger partial charge in [0.05, 0.1) is 0 Å². The van der Waals surface area contributed by atoms with Gasteiger partial charge in [0.25, 0.3) is 5.91 Å². The molecule has 0 aliphatic heterocycles. The minimum Gasteiger partial charge on any atom is -0.352 e. The summed E-state index contributed by atoms with van der Waals surface area (Å²) in [5, 5.41) is 12.9. The summed E-state index contributed by atoms with van der Waals surface area (Å²) in [5.74, 6) is -0.206. The van der Waals surface area contributed by atoms with Crippen molar-refractivity contribution >= 4 is 5.91 Å². The van der Waals surface area contributed by atoms with Gasteiger partial charge in [-0.2, -0.15) is 0 Å². The predicted octanol–water partition coefficient (Wildman–Crippen LogP) is 1.21. The molecule has 0 saturated heterocycles. The van der Waals surface area contributed by atoms with Gasteiger partial charge in [-0.15, -0.1) is 0 Å². The van der Waals surface area contributed by atoms with Crippen molar-refractivity contribution in [3.8, 4) is 0 Å². The van der Waals surface area contributed by atoms with Crippen molar-refractivity contribution in [3.63, 3.8) is 0 Å². The van der Waals surface area contributed by atoms with Crippen LogP contribution in [0.3, 0.4) is 0 Å². The third kappa shape index (κ3) is 3.38. The topological polar surface area (TPSA) is 72.2 Å². The molecule has 0 unspecified atom stereocenters. The van der Waals surface area contributed by atoms with Crippen LogP contribution in [0.1, 0.15) is 22.8 Å². The normalized spacial score (nSPS) is 9.67. The Labute approximate surface area is 87.3 Å². The lowest BCUT2D eigenvalue weighted by Gasteiger charge is -2.02. The van der Waals surface area contributed by atoms with Gasteiger partial charge >= 0.3 is 0 Å². The van der Waals surface area contributed by atoms with Crippen molar-refractivity contribution < 1.29 is 9.72 Å². The summed E-state index contributed by atoms with van der Waals surface area (Å²) in [6.07, 6.45) is 0. The van der Waals surface area contributed by atoms with E-state index in [1.54, 1.807) is 18.2 Å². The van der Waals surface area contributed by atoms with E-state index in [9.17, 15) is 14.9 Å². The van der Waals surface area contributed by atoms with Crippen LogP contribution >= 0.6 is 0 Å². The van der Waals surface area contributed by atoms with Crippen LogP contribution in [-0.4, -0.2) is 17.4 Å². The van der Waals surface area contributed by atoms with E-state index in [0.29, 0.717) is 17.7 Å². The molecule has 0 bridgehead atoms. The molecule has 0 aliphatic rings. The van der Waals surface area contributed by atoms with Gasteiger partial charge in [-0.3, -0.25) is 14.9 Å². The molecule has 80 valence electrons. The van der Waals surface area contributed by atoms with Gasteiger partial charge in [0.2, 0.25) is 6.54 Å². The van der Waals surface area contributed by atoms with Crippen LogP contribution in [0.25, 0.3) is 0 Å². The van der Waals surface area contributed by atoms with E-state index in [1.165, 1.54) is 6.07 Å². The number of carbonyl (C=O) groups excluding carboxylic acids is 1. The van der Waals surface area contributed by atoms with Gasteiger partial charge in [0.15, 0.2) is 0 Å². The third-order valence-electron chi connectivity index (χ3n) is 1.84. The van der Waals surface area contributed by atoms with E-state index in [0.717, 1.165) is 0 Å². The number of nitrogens with zero attached hydrogens (tertiary/aromatic N) is 1. The van der Waals surface area contributed by atoms with Crippen molar-refractivity contribution in [3.05, 3.63) is 45.5 Å². The molecule has 1 amide bonds. The SMILES string of the molecule is CCNC(=O)c1cccc(C[N+](=O)[O-])c1. The van der Waals surface area contributed by atoms with Gasteiger partial charge < -0.3 is 5.32 Å². The molecule has 1 N–H and O–H groups in total. The largest absolute Gasteiger partial charge is 0.352 e. The van der Waals surface area contributed by atoms with Gasteiger partial charge in [-0.25, -0.2) is 0 Å². The summed E-state index contributed by atoms with van der Waals surface area (Å²) in [7, 11) is 0. The molecule has 0 heterocycles. The van der Waals surface area contributed by atoms with Crippen LogP contribution in [0, 0.1) is 10.1 Å². The van der Waals surface area contributed by atoms with Crippen LogP contribution in [0.2, 0.25) is 0 Å². The molecule has 0 atom stereocenters. The number of benzene rings is 1. The van der Waals surface area contributed by atoms with Gasteiger partial charge in [-0.1, -0.05) is 12.1 Å². The number of rotatable bonds is 4. The summed E-state index contributed by atoms with van der Waals surface area (Å²) in [6.45, 7) is 2.10. The Morgan fingerprint density at radius 3 is 2.87 bits per heavy atom. The van der Waals surface area contributed by atoms with Crippen LogP contribution < -0.4 is 5.32 Å². The molecular formula is C10H12N2O3. The molecule has 0 aromatic heterocycles. The second-order valence-corrected chi connectivity index (χ2v) is 3.05. The summed E-state index contributed by atoms with van der Waals surface area (Å²) in [4.78, 5) is 21.3. The molecule has 5 heteroatoms. The first-order chi connectivity index (χ1) is 7.13. The molecule has 0 aliphatic carbocycles. The highest BCUT2D eigenvalue weighted by molar-refractivity contribution is 5.94. The van der Waals surface area contributed by atoms with Crippen molar-refractivity contribution in [1.82, 2.24) is 5.32 Å². The Morgan fingerprint density at radius 1 is 1.53 bits per heavy atom. The van der Waals surface area contributed by atoms with Gasteiger partial charge in [0, 0.05) is 22.6 Å². The van der Waals surface area contributed by atoms with E-state index < -0.39 is 4.92 Å². The zero-order valence-corrected chi connectivity index (χ0v) is 8.40. The van der Waals surface area contributed by atoms with Crippen LogP contribution in [0.15, 0.2) is 24.3 Å². The monoisotopic (exact) mass is 208 g/mol. The number of hydrogen-bond acceptors (Lipinski definition) is 3. The fourth-order valence-electron chi connectivity index (χ4n) is 1.22. The molecule has 5 nitrogen and oxygen atoms in total. The van der Waals surface area contributed by atoms with Crippen molar-refractivity contribution in [1.29, 1.82) is 0 Å². The summed E-state index contributed by atoms with van der Waals surface area (Å²) in [6, 6.07) is 6.44. The van der Waals surface area contributed by atoms with Gasteiger partial charge in [0.1, 0.15) is 0 Å². The number of carbonyl (C=O) groups is 1.